The van der Waals surface area contributed by atoms with E-state index in [0.29, 0.717) is 19.3 Å². The average molecular weight is 1120 g/mol. The van der Waals surface area contributed by atoms with Gasteiger partial charge in [-0.15, -0.1) is 0 Å². The minimum atomic E-state index is -3.46. The number of hydrogen-bond acceptors (Lipinski definition) is 22. The van der Waals surface area contributed by atoms with Gasteiger partial charge in [0.25, 0.3) is 0 Å². The minimum absolute atomic E-state index is 0.00677. The lowest BCUT2D eigenvalue weighted by Gasteiger charge is -2.22. The van der Waals surface area contributed by atoms with Gasteiger partial charge >= 0.3 is 0 Å². The van der Waals surface area contributed by atoms with Crippen LogP contribution < -0.4 is 0 Å². The molecule has 0 saturated carbocycles. The second kappa shape index (κ2) is 39.0. The Hall–Kier alpha value is -1.48. The van der Waals surface area contributed by atoms with E-state index in [1.54, 1.807) is 20.8 Å². The zero-order valence-corrected chi connectivity index (χ0v) is 45.9. The van der Waals surface area contributed by atoms with E-state index < -0.39 is 83.4 Å². The standard InChI is InChI=1S/C22H46O11S3.C19H34O11S3/c1-5-11-34(23,24)14-8-30-18-21(17-29-4)33-20-22(32-10-16-36(27,28)13-7-3)19-31-9-15-35(25,26)12-6-2;1-5-31(20,21)11-8-27-15-18(14-26-4)30-17-19(29-10-13-33(24,25)7-3)16-28-9-12-32(22,23)6-2/h21-22H,5-20H2,1-4H3;5-7,18-19H,1-3,8-17H2,4H3. The summed E-state index contributed by atoms with van der Waals surface area (Å²) in [5.41, 5.74) is 0. The lowest BCUT2D eigenvalue weighted by atomic mass is 10.3. The smallest absolute Gasteiger partial charge is 0.173 e. The second-order valence-electron chi connectivity index (χ2n) is 15.2. The highest BCUT2D eigenvalue weighted by Gasteiger charge is 2.21. The van der Waals surface area contributed by atoms with Crippen LogP contribution in [0.1, 0.15) is 40.0 Å². The van der Waals surface area contributed by atoms with E-state index in [0.717, 1.165) is 16.2 Å². The van der Waals surface area contributed by atoms with Gasteiger partial charge in [-0.1, -0.05) is 40.5 Å². The number of sulfone groups is 6. The highest BCUT2D eigenvalue weighted by atomic mass is 32.2. The lowest BCUT2D eigenvalue weighted by Crippen LogP contribution is -2.34. The van der Waals surface area contributed by atoms with Crippen molar-refractivity contribution in [1.29, 1.82) is 0 Å². The van der Waals surface area contributed by atoms with Crippen molar-refractivity contribution in [2.75, 3.05) is 158 Å². The van der Waals surface area contributed by atoms with Crippen molar-refractivity contribution in [2.24, 2.45) is 0 Å². The average Bonchev–Trinajstić information content (AvgIpc) is 3.27. The maximum Gasteiger partial charge on any atom is 0.173 e. The van der Waals surface area contributed by atoms with Gasteiger partial charge in [-0.3, -0.25) is 0 Å². The summed E-state index contributed by atoms with van der Waals surface area (Å²) in [5.74, 6) is -0.824. The summed E-state index contributed by atoms with van der Waals surface area (Å²) in [6.45, 7) is 15.1. The molecule has 0 radical (unpaired) electrons. The topological polar surface area (TPSA) is 297 Å². The first-order valence-electron chi connectivity index (χ1n) is 22.2. The van der Waals surface area contributed by atoms with E-state index in [1.807, 2.05) is 0 Å². The van der Waals surface area contributed by atoms with E-state index in [1.165, 1.54) is 14.2 Å². The first-order valence-corrected chi connectivity index (χ1v) is 32.8. The van der Waals surface area contributed by atoms with Crippen molar-refractivity contribution >= 4 is 59.0 Å². The van der Waals surface area contributed by atoms with Crippen LogP contribution in [0.25, 0.3) is 0 Å². The molecule has 0 rings (SSSR count). The van der Waals surface area contributed by atoms with Crippen molar-refractivity contribution < 1.29 is 97.9 Å². The highest BCUT2D eigenvalue weighted by Crippen LogP contribution is 2.07. The highest BCUT2D eigenvalue weighted by molar-refractivity contribution is 7.95. The first-order chi connectivity index (χ1) is 32.3. The summed E-state index contributed by atoms with van der Waals surface area (Å²) in [5, 5.41) is 2.52. The third-order valence-corrected chi connectivity index (χ3v) is 18.0. The van der Waals surface area contributed by atoms with Gasteiger partial charge in [0.1, 0.15) is 24.4 Å². The Morgan fingerprint density at radius 1 is 0.333 bits per heavy atom. The molecule has 4 unspecified atom stereocenters. The van der Waals surface area contributed by atoms with Gasteiger partial charge in [-0.25, -0.2) is 50.5 Å². The van der Waals surface area contributed by atoms with Crippen LogP contribution in [0.2, 0.25) is 0 Å². The fourth-order valence-electron chi connectivity index (χ4n) is 5.18. The molecule has 0 aromatic rings. The predicted octanol–water partition coefficient (Wildman–Crippen LogP) is 1.02. The lowest BCUT2D eigenvalue weighted by molar-refractivity contribution is -0.102. The Morgan fingerprint density at radius 2 is 0.580 bits per heavy atom. The SMILES string of the molecule is C=CS(=O)(=O)CCOCC(COC)OCC(COCCS(=O)(=O)C=C)OCCS(=O)(=O)C=C.CCCS(=O)(=O)CCOCC(COC)OCC(COCCS(=O)(=O)CCC)OCCS(=O)(=O)CCC. The van der Waals surface area contributed by atoms with Crippen molar-refractivity contribution in [1.82, 2.24) is 0 Å². The van der Waals surface area contributed by atoms with E-state index >= 15 is 0 Å². The molecule has 4 atom stereocenters. The molecule has 0 saturated heterocycles. The van der Waals surface area contributed by atoms with Crippen LogP contribution in [-0.2, 0) is 106 Å². The van der Waals surface area contributed by atoms with Crippen LogP contribution >= 0.6 is 0 Å². The van der Waals surface area contributed by atoms with Crippen molar-refractivity contribution in [3.63, 3.8) is 0 Å². The number of methoxy groups -OCH3 is 2. The van der Waals surface area contributed by atoms with E-state index in [2.05, 4.69) is 19.7 Å². The first kappa shape index (κ1) is 69.6. The van der Waals surface area contributed by atoms with E-state index in [-0.39, 0.29) is 144 Å². The summed E-state index contributed by atoms with van der Waals surface area (Å²) in [6, 6.07) is 0. The largest absolute Gasteiger partial charge is 0.382 e. The minimum Gasteiger partial charge on any atom is -0.382 e. The molecule has 412 valence electrons. The third kappa shape index (κ3) is 41.7. The molecule has 0 N–H and O–H groups in total. The van der Waals surface area contributed by atoms with Crippen molar-refractivity contribution in [3.8, 4) is 0 Å². The Kier molecular flexibility index (Phi) is 39.4. The summed E-state index contributed by atoms with van der Waals surface area (Å²) in [7, 11) is -16.9. The number of rotatable bonds is 47. The molecular weight excluding hydrogens is 1040 g/mol. The van der Waals surface area contributed by atoms with Crippen LogP contribution in [0.4, 0.5) is 0 Å². The van der Waals surface area contributed by atoms with E-state index in [4.69, 9.17) is 47.4 Å². The van der Waals surface area contributed by atoms with Gasteiger partial charge in [-0.05, 0) is 19.3 Å². The Labute approximate surface area is 413 Å². The number of hydrogen-bond donors (Lipinski definition) is 0. The molecule has 0 aromatic carbocycles. The van der Waals surface area contributed by atoms with Gasteiger partial charge < -0.3 is 47.4 Å². The zero-order chi connectivity index (χ0) is 52.9. The molecule has 28 heteroatoms. The molecule has 22 nitrogen and oxygen atoms in total. The van der Waals surface area contributed by atoms with Gasteiger partial charge in [-0.2, -0.15) is 0 Å². The molecule has 0 bridgehead atoms. The van der Waals surface area contributed by atoms with Crippen molar-refractivity contribution in [2.45, 2.75) is 64.4 Å². The monoisotopic (exact) mass is 1120 g/mol. The quantitative estimate of drug-likeness (QED) is 0.0769. The normalized spacial score (nSPS) is 14.6. The summed E-state index contributed by atoms with van der Waals surface area (Å²) < 4.78 is 195. The molecule has 0 fully saturated rings. The fourth-order valence-corrected chi connectivity index (χ4v) is 10.3. The maximum absolute atomic E-state index is 12.0. The summed E-state index contributed by atoms with van der Waals surface area (Å²) in [4.78, 5) is 0. The number of ether oxygens (including phenoxy) is 10. The van der Waals surface area contributed by atoms with Gasteiger partial charge in [0.15, 0.2) is 59.0 Å². The molecule has 0 amide bonds. The second-order valence-corrected chi connectivity index (χ2v) is 28.3. The summed E-state index contributed by atoms with van der Waals surface area (Å²) in [6.07, 6.45) is -0.832. The van der Waals surface area contributed by atoms with Crippen molar-refractivity contribution in [3.05, 3.63) is 36.0 Å². The van der Waals surface area contributed by atoms with Gasteiger partial charge in [0, 0.05) is 47.7 Å². The maximum atomic E-state index is 12.0. The van der Waals surface area contributed by atoms with Gasteiger partial charge in [0.2, 0.25) is 0 Å². The molecule has 0 spiro atoms. The molecule has 69 heavy (non-hydrogen) atoms. The predicted molar refractivity (Wildman–Crippen MR) is 265 cm³/mol. The molecule has 0 aromatic heterocycles. The van der Waals surface area contributed by atoms with Crippen LogP contribution in [-0.4, -0.2) is 233 Å². The summed E-state index contributed by atoms with van der Waals surface area (Å²) >= 11 is 0. The Balaban J connectivity index is 0. The zero-order valence-electron chi connectivity index (χ0n) is 41.0. The molecule has 0 aliphatic heterocycles. The fraction of sp³-hybridized carbons (Fsp3) is 0.854. The molecule has 0 aliphatic rings. The van der Waals surface area contributed by atoms with Crippen LogP contribution in [0.15, 0.2) is 36.0 Å². The Bertz CT molecular complexity index is 2040. The van der Waals surface area contributed by atoms with Gasteiger partial charge in [0.05, 0.1) is 127 Å². The third-order valence-electron chi connectivity index (χ3n) is 8.83. The Morgan fingerprint density at radius 3 is 0.855 bits per heavy atom. The molecule has 0 heterocycles. The van der Waals surface area contributed by atoms with E-state index in [9.17, 15) is 50.5 Å². The molecular formula is C41H80O22S6. The molecule has 0 aliphatic carbocycles. The van der Waals surface area contributed by atoms with Crippen LogP contribution in [0.5, 0.6) is 0 Å². The van der Waals surface area contributed by atoms with Crippen LogP contribution in [0.3, 0.4) is 0 Å². The van der Waals surface area contributed by atoms with Crippen LogP contribution in [0, 0.1) is 0 Å².